The lowest BCUT2D eigenvalue weighted by molar-refractivity contribution is 0.0586. The molecule has 1 rings (SSSR count). The molecule has 1 aromatic carbocycles. The fourth-order valence-corrected chi connectivity index (χ4v) is 1.98. The highest BCUT2D eigenvalue weighted by Crippen LogP contribution is 2.33. The van der Waals surface area contributed by atoms with E-state index in [9.17, 15) is 9.90 Å². The summed E-state index contributed by atoms with van der Waals surface area (Å²) in [6, 6.07) is 9.58. The first-order valence-corrected chi connectivity index (χ1v) is 5.97. The van der Waals surface area contributed by atoms with Gasteiger partial charge in [-0.2, -0.15) is 0 Å². The molecular weight excluding hydrogens is 230 g/mol. The zero-order chi connectivity index (χ0) is 13.8. The third kappa shape index (κ3) is 3.23. The fourth-order valence-electron chi connectivity index (χ4n) is 1.98. The zero-order valence-electron chi connectivity index (χ0n) is 11.1. The number of benzene rings is 1. The molecule has 100 valence electrons. The van der Waals surface area contributed by atoms with E-state index in [-0.39, 0.29) is 6.61 Å². The summed E-state index contributed by atoms with van der Waals surface area (Å²) in [5.41, 5.74) is -0.286. The maximum Gasteiger partial charge on any atom is 0.405 e. The minimum Gasteiger partial charge on any atom is -0.465 e. The van der Waals surface area contributed by atoms with Crippen molar-refractivity contribution in [2.75, 3.05) is 6.61 Å². The van der Waals surface area contributed by atoms with Crippen LogP contribution < -0.4 is 5.32 Å². The van der Waals surface area contributed by atoms with Gasteiger partial charge in [0.05, 0.1) is 12.1 Å². The zero-order valence-corrected chi connectivity index (χ0v) is 11.1. The molecule has 1 aromatic rings. The first-order chi connectivity index (χ1) is 8.31. The number of nitrogens with one attached hydrogen (secondary N) is 1. The van der Waals surface area contributed by atoms with E-state index in [1.54, 1.807) is 0 Å². The Balaban J connectivity index is 3.07. The van der Waals surface area contributed by atoms with Gasteiger partial charge >= 0.3 is 6.09 Å². The summed E-state index contributed by atoms with van der Waals surface area (Å²) >= 11 is 0. The quantitative estimate of drug-likeness (QED) is 0.769. The van der Waals surface area contributed by atoms with Crippen LogP contribution in [0.1, 0.15) is 26.3 Å². The van der Waals surface area contributed by atoms with Gasteiger partial charge in [0.15, 0.2) is 0 Å². The van der Waals surface area contributed by atoms with Crippen LogP contribution in [0.2, 0.25) is 0 Å². The van der Waals surface area contributed by atoms with Gasteiger partial charge in [0.1, 0.15) is 0 Å². The molecule has 0 spiro atoms. The Morgan fingerprint density at radius 3 is 2.17 bits per heavy atom. The number of rotatable bonds is 4. The smallest absolute Gasteiger partial charge is 0.405 e. The molecule has 0 bridgehead atoms. The molecule has 1 atom stereocenters. The van der Waals surface area contributed by atoms with Gasteiger partial charge in [0.2, 0.25) is 0 Å². The van der Waals surface area contributed by atoms with Gasteiger partial charge in [-0.3, -0.25) is 0 Å². The lowest BCUT2D eigenvalue weighted by Crippen LogP contribution is -2.60. The molecule has 0 fully saturated rings. The molecule has 4 heteroatoms. The predicted molar refractivity (Wildman–Crippen MR) is 70.6 cm³/mol. The number of carboxylic acid groups (broad SMARTS) is 1. The van der Waals surface area contributed by atoms with Crippen molar-refractivity contribution in [2.45, 2.75) is 32.7 Å². The van der Waals surface area contributed by atoms with Crippen molar-refractivity contribution in [3.8, 4) is 0 Å². The maximum absolute atomic E-state index is 11.0. The third-order valence-corrected chi connectivity index (χ3v) is 3.40. The molecule has 0 saturated heterocycles. The second kappa shape index (κ2) is 5.40. The van der Waals surface area contributed by atoms with E-state index in [1.165, 1.54) is 0 Å². The topological polar surface area (TPSA) is 69.6 Å². The molecule has 0 aliphatic rings. The van der Waals surface area contributed by atoms with Crippen molar-refractivity contribution in [3.63, 3.8) is 0 Å². The maximum atomic E-state index is 11.0. The van der Waals surface area contributed by atoms with Crippen molar-refractivity contribution in [2.24, 2.45) is 5.41 Å². The monoisotopic (exact) mass is 251 g/mol. The summed E-state index contributed by atoms with van der Waals surface area (Å²) in [5, 5.41) is 21.2. The van der Waals surface area contributed by atoms with Gasteiger partial charge in [-0.05, 0) is 17.4 Å². The van der Waals surface area contributed by atoms with Crippen LogP contribution in [-0.2, 0) is 6.42 Å². The first-order valence-electron chi connectivity index (χ1n) is 5.97. The Morgan fingerprint density at radius 2 is 1.78 bits per heavy atom. The van der Waals surface area contributed by atoms with Crippen molar-refractivity contribution in [1.29, 1.82) is 0 Å². The highest BCUT2D eigenvalue weighted by atomic mass is 16.4. The Morgan fingerprint density at radius 1 is 1.22 bits per heavy atom. The normalized spacial score (nSPS) is 14.9. The highest BCUT2D eigenvalue weighted by Gasteiger charge is 2.42. The van der Waals surface area contributed by atoms with E-state index < -0.39 is 17.0 Å². The van der Waals surface area contributed by atoms with Gasteiger partial charge in [0, 0.05) is 0 Å². The van der Waals surface area contributed by atoms with Crippen LogP contribution in [0.25, 0.3) is 0 Å². The minimum absolute atomic E-state index is 0.238. The van der Waals surface area contributed by atoms with Gasteiger partial charge in [0.25, 0.3) is 0 Å². The molecular formula is C14H21NO3. The average molecular weight is 251 g/mol. The van der Waals surface area contributed by atoms with Crippen molar-refractivity contribution >= 4 is 6.09 Å². The van der Waals surface area contributed by atoms with E-state index in [0.717, 1.165) is 5.56 Å². The lowest BCUT2D eigenvalue weighted by atomic mass is 9.70. The molecule has 0 saturated carbocycles. The van der Waals surface area contributed by atoms with E-state index in [1.807, 2.05) is 51.1 Å². The number of aliphatic hydroxyl groups is 1. The Labute approximate surface area is 108 Å². The van der Waals surface area contributed by atoms with Gasteiger partial charge in [-0.1, -0.05) is 51.1 Å². The summed E-state index contributed by atoms with van der Waals surface area (Å²) in [5.74, 6) is 0. The van der Waals surface area contributed by atoms with Gasteiger partial charge in [-0.25, -0.2) is 4.79 Å². The van der Waals surface area contributed by atoms with Crippen LogP contribution in [-0.4, -0.2) is 28.5 Å². The SMILES string of the molecule is CC(C)(C)[C@](CO)(Cc1ccccc1)NC(=O)O. The van der Waals surface area contributed by atoms with Crippen LogP contribution in [0.4, 0.5) is 4.79 Å². The molecule has 4 nitrogen and oxygen atoms in total. The van der Waals surface area contributed by atoms with E-state index in [4.69, 9.17) is 5.11 Å². The summed E-state index contributed by atoms with van der Waals surface area (Å²) in [6.45, 7) is 5.52. The van der Waals surface area contributed by atoms with Crippen molar-refractivity contribution in [1.82, 2.24) is 5.32 Å². The van der Waals surface area contributed by atoms with Gasteiger partial charge in [-0.15, -0.1) is 0 Å². The molecule has 0 unspecified atom stereocenters. The van der Waals surface area contributed by atoms with Crippen LogP contribution >= 0.6 is 0 Å². The van der Waals surface area contributed by atoms with E-state index >= 15 is 0 Å². The number of aliphatic hydroxyl groups excluding tert-OH is 1. The molecule has 3 N–H and O–H groups in total. The summed E-state index contributed by atoms with van der Waals surface area (Å²) in [7, 11) is 0. The van der Waals surface area contributed by atoms with Crippen molar-refractivity contribution < 1.29 is 15.0 Å². The van der Waals surface area contributed by atoms with Crippen LogP contribution in [0, 0.1) is 5.41 Å². The van der Waals surface area contributed by atoms with E-state index in [0.29, 0.717) is 6.42 Å². The molecule has 0 radical (unpaired) electrons. The minimum atomic E-state index is -1.12. The summed E-state index contributed by atoms with van der Waals surface area (Å²) in [4.78, 5) is 11.0. The van der Waals surface area contributed by atoms with E-state index in [2.05, 4.69) is 5.32 Å². The first kappa shape index (κ1) is 14.5. The molecule has 0 aliphatic heterocycles. The largest absolute Gasteiger partial charge is 0.465 e. The summed E-state index contributed by atoms with van der Waals surface area (Å²) < 4.78 is 0. The second-order valence-corrected chi connectivity index (χ2v) is 5.58. The van der Waals surface area contributed by atoms with Gasteiger partial charge < -0.3 is 15.5 Å². The van der Waals surface area contributed by atoms with Crippen LogP contribution in [0.3, 0.4) is 0 Å². The lowest BCUT2D eigenvalue weighted by Gasteiger charge is -2.43. The van der Waals surface area contributed by atoms with Crippen LogP contribution in [0.15, 0.2) is 30.3 Å². The fraction of sp³-hybridized carbons (Fsp3) is 0.500. The number of amides is 1. The average Bonchev–Trinajstić information content (AvgIpc) is 2.27. The molecule has 1 amide bonds. The van der Waals surface area contributed by atoms with Crippen LogP contribution in [0.5, 0.6) is 0 Å². The summed E-state index contributed by atoms with van der Waals surface area (Å²) in [6.07, 6.45) is -0.657. The second-order valence-electron chi connectivity index (χ2n) is 5.58. The predicted octanol–water partition coefficient (Wildman–Crippen LogP) is 2.27. The Bertz CT molecular complexity index is 397. The highest BCUT2D eigenvalue weighted by molar-refractivity contribution is 5.66. The Hall–Kier alpha value is -1.55. The Kier molecular flexibility index (Phi) is 4.35. The third-order valence-electron chi connectivity index (χ3n) is 3.40. The standard InChI is InChI=1S/C14H21NO3/c1-13(2,3)14(10-16,15-12(17)18)9-11-7-5-4-6-8-11/h4-8,15-16H,9-10H2,1-3H3,(H,17,18)/t14-/m1/s1. The molecule has 0 aromatic heterocycles. The molecule has 0 heterocycles. The number of hydrogen-bond donors (Lipinski definition) is 3. The molecule has 0 aliphatic carbocycles. The number of hydrogen-bond acceptors (Lipinski definition) is 2. The van der Waals surface area contributed by atoms with Crippen molar-refractivity contribution in [3.05, 3.63) is 35.9 Å². The molecule has 18 heavy (non-hydrogen) atoms. The number of carbonyl (C=O) groups is 1.